The summed E-state index contributed by atoms with van der Waals surface area (Å²) in [5.74, 6) is 0.331. The van der Waals surface area contributed by atoms with Crippen molar-refractivity contribution in [1.29, 1.82) is 0 Å². The zero-order valence-corrected chi connectivity index (χ0v) is 29.1. The minimum absolute atomic E-state index is 0.00312. The first-order chi connectivity index (χ1) is 23.4. The van der Waals surface area contributed by atoms with Gasteiger partial charge in [0.15, 0.2) is 9.84 Å². The summed E-state index contributed by atoms with van der Waals surface area (Å²) < 4.78 is 65.6. The number of ether oxygens (including phenoxy) is 2. The third-order valence-electron chi connectivity index (χ3n) is 10.8. The summed E-state index contributed by atoms with van der Waals surface area (Å²) in [6.45, 7) is 0.985. The number of nitrogens with one attached hydrogen (secondary N) is 1. The van der Waals surface area contributed by atoms with E-state index in [9.17, 15) is 27.0 Å². The van der Waals surface area contributed by atoms with Crippen LogP contribution in [0.3, 0.4) is 0 Å². The molecule has 49 heavy (non-hydrogen) atoms. The van der Waals surface area contributed by atoms with E-state index < -0.39 is 42.9 Å². The normalized spacial score (nSPS) is 23.3. The van der Waals surface area contributed by atoms with Crippen molar-refractivity contribution >= 4 is 19.9 Å². The lowest BCUT2D eigenvalue weighted by molar-refractivity contribution is -0.0312. The first kappa shape index (κ1) is 34.6. The van der Waals surface area contributed by atoms with Gasteiger partial charge in [-0.25, -0.2) is 16.8 Å². The number of benzene rings is 3. The van der Waals surface area contributed by atoms with Crippen LogP contribution in [0.5, 0.6) is 5.75 Å². The molecule has 2 atom stereocenters. The minimum atomic E-state index is -3.69. The van der Waals surface area contributed by atoms with Gasteiger partial charge in [-0.05, 0) is 92.0 Å². The van der Waals surface area contributed by atoms with Crippen LogP contribution < -0.4 is 15.8 Å². The molecule has 1 spiro atoms. The molecule has 11 nitrogen and oxygen atoms in total. The van der Waals surface area contributed by atoms with Crippen LogP contribution in [0.15, 0.2) is 82.6 Å². The number of aliphatic hydroxyl groups excluding tert-OH is 2. The van der Waals surface area contributed by atoms with Crippen molar-refractivity contribution in [1.82, 2.24) is 9.62 Å². The summed E-state index contributed by atoms with van der Waals surface area (Å²) in [7, 11) is -7.36. The molecule has 7 rings (SSSR count). The van der Waals surface area contributed by atoms with Gasteiger partial charge in [0.1, 0.15) is 18.5 Å². The lowest BCUT2D eigenvalue weighted by atomic mass is 9.88. The van der Waals surface area contributed by atoms with Gasteiger partial charge in [0.05, 0.1) is 33.4 Å². The zero-order valence-electron chi connectivity index (χ0n) is 27.5. The maximum absolute atomic E-state index is 13.7. The predicted octanol–water partition coefficient (Wildman–Crippen LogP) is 2.94. The number of hydrogen-bond donors (Lipinski definition) is 4. The number of nitrogens with zero attached hydrogens (tertiary/aromatic N) is 1. The summed E-state index contributed by atoms with van der Waals surface area (Å²) in [6.07, 6.45) is 3.86. The summed E-state index contributed by atoms with van der Waals surface area (Å²) >= 11 is 0. The molecule has 0 radical (unpaired) electrons. The van der Waals surface area contributed by atoms with Crippen LogP contribution in [0.2, 0.25) is 0 Å². The van der Waals surface area contributed by atoms with Gasteiger partial charge in [-0.2, -0.15) is 4.31 Å². The van der Waals surface area contributed by atoms with Gasteiger partial charge in [-0.1, -0.05) is 42.5 Å². The Morgan fingerprint density at radius 2 is 1.59 bits per heavy atom. The quantitative estimate of drug-likeness (QED) is 0.207. The molecule has 0 unspecified atom stereocenters. The highest BCUT2D eigenvalue weighted by Gasteiger charge is 2.54. The fourth-order valence-corrected chi connectivity index (χ4v) is 10.4. The van der Waals surface area contributed by atoms with Crippen molar-refractivity contribution in [3.05, 3.63) is 78.4 Å². The number of sulfonamides is 1. The largest absolute Gasteiger partial charge is 0.491 e. The fraction of sp³-hybridized carbons (Fsp3) is 0.500. The van der Waals surface area contributed by atoms with E-state index in [0.717, 1.165) is 29.5 Å². The number of hydrogen-bond acceptors (Lipinski definition) is 10. The van der Waals surface area contributed by atoms with E-state index in [4.69, 9.17) is 15.2 Å². The summed E-state index contributed by atoms with van der Waals surface area (Å²) in [4.78, 5) is 0.376. The molecule has 2 aliphatic heterocycles. The Kier molecular flexibility index (Phi) is 9.19. The van der Waals surface area contributed by atoms with Crippen LogP contribution in [0.4, 0.5) is 0 Å². The van der Waals surface area contributed by atoms with Gasteiger partial charge in [0.2, 0.25) is 10.0 Å². The SMILES string of the molecule is NC1(c2ccc(-c3cccc(S(=O)(=O)N4CCC5(CC4)C[C@@H](NC[C@H](O)COc4cccc(S(=O)(=O)C6(CO)CC6)c4)CO5)c3)cc2)CC1. The molecule has 4 aliphatic rings. The Balaban J connectivity index is 0.884. The molecule has 3 aromatic rings. The van der Waals surface area contributed by atoms with Crippen LogP contribution in [-0.2, 0) is 30.1 Å². The maximum atomic E-state index is 13.7. The molecule has 2 saturated heterocycles. The average Bonchev–Trinajstić information content (AvgIpc) is 4.05. The van der Waals surface area contributed by atoms with Gasteiger partial charge >= 0.3 is 0 Å². The lowest BCUT2D eigenvalue weighted by Gasteiger charge is -2.38. The number of piperidine rings is 1. The van der Waals surface area contributed by atoms with Gasteiger partial charge < -0.3 is 30.7 Å². The van der Waals surface area contributed by atoms with Crippen LogP contribution in [0.25, 0.3) is 11.1 Å². The molecule has 0 amide bonds. The molecule has 264 valence electrons. The zero-order chi connectivity index (χ0) is 34.5. The minimum Gasteiger partial charge on any atom is -0.491 e. The van der Waals surface area contributed by atoms with Gasteiger partial charge in [-0.3, -0.25) is 0 Å². The van der Waals surface area contributed by atoms with Crippen LogP contribution >= 0.6 is 0 Å². The van der Waals surface area contributed by atoms with Crippen molar-refractivity contribution < 1.29 is 36.5 Å². The second kappa shape index (κ2) is 13.0. The monoisotopic (exact) mass is 711 g/mol. The van der Waals surface area contributed by atoms with Gasteiger partial charge in [0.25, 0.3) is 0 Å². The van der Waals surface area contributed by atoms with E-state index in [0.29, 0.717) is 57.6 Å². The number of rotatable bonds is 13. The van der Waals surface area contributed by atoms with Gasteiger partial charge in [0, 0.05) is 31.2 Å². The molecule has 3 aromatic carbocycles. The third-order valence-corrected chi connectivity index (χ3v) is 15.2. The molecule has 13 heteroatoms. The molecule has 2 aliphatic carbocycles. The molecular formula is C36H45N3O8S2. The molecule has 0 bridgehead atoms. The van der Waals surface area contributed by atoms with Crippen LogP contribution in [0.1, 0.15) is 50.5 Å². The van der Waals surface area contributed by atoms with E-state index in [1.165, 1.54) is 12.1 Å². The molecule has 4 fully saturated rings. The first-order valence-corrected chi connectivity index (χ1v) is 19.9. The summed E-state index contributed by atoms with van der Waals surface area (Å²) in [6, 6.07) is 21.3. The van der Waals surface area contributed by atoms with Crippen molar-refractivity contribution in [3.8, 4) is 16.9 Å². The van der Waals surface area contributed by atoms with Crippen molar-refractivity contribution in [2.24, 2.45) is 5.73 Å². The second-order valence-electron chi connectivity index (χ2n) is 14.3. The molecule has 0 aromatic heterocycles. The highest BCUT2D eigenvalue weighted by molar-refractivity contribution is 7.93. The average molecular weight is 712 g/mol. The van der Waals surface area contributed by atoms with E-state index >= 15 is 0 Å². The Bertz CT molecular complexity index is 1880. The Morgan fingerprint density at radius 1 is 0.898 bits per heavy atom. The Labute approximate surface area is 288 Å². The Morgan fingerprint density at radius 3 is 2.27 bits per heavy atom. The molecule has 2 heterocycles. The van der Waals surface area contributed by atoms with E-state index in [1.54, 1.807) is 34.6 Å². The summed E-state index contributed by atoms with van der Waals surface area (Å²) in [5.41, 5.74) is 8.59. The second-order valence-corrected chi connectivity index (χ2v) is 18.5. The standard InChI is InChI=1S/C36H45N3O8S2/c37-36(13-14-36)28-9-7-26(8-10-28)27-3-1-6-33(19-27)49(44,45)39-17-15-34(16-18-39)21-29(23-47-34)38-22-30(41)24-46-31-4-2-5-32(20-31)48(42,43)35(25-40)11-12-35/h1-10,19-20,29-30,38,40-41H,11-18,21-25,37H2/t29-,30+/m1/s1. The van der Waals surface area contributed by atoms with E-state index in [1.807, 2.05) is 30.3 Å². The topological polar surface area (TPSA) is 168 Å². The van der Waals surface area contributed by atoms with E-state index in [-0.39, 0.29) is 34.5 Å². The van der Waals surface area contributed by atoms with Crippen molar-refractivity contribution in [2.75, 3.05) is 39.5 Å². The smallest absolute Gasteiger partial charge is 0.243 e. The summed E-state index contributed by atoms with van der Waals surface area (Å²) in [5, 5.41) is 23.5. The van der Waals surface area contributed by atoms with Crippen LogP contribution in [0, 0.1) is 0 Å². The van der Waals surface area contributed by atoms with Crippen LogP contribution in [-0.4, -0.2) is 93.3 Å². The third kappa shape index (κ3) is 6.92. The predicted molar refractivity (Wildman–Crippen MR) is 184 cm³/mol. The fourth-order valence-electron chi connectivity index (χ4n) is 7.05. The highest BCUT2D eigenvalue weighted by Crippen LogP contribution is 2.47. The number of sulfone groups is 1. The van der Waals surface area contributed by atoms with Gasteiger partial charge in [-0.15, -0.1) is 0 Å². The first-order valence-electron chi connectivity index (χ1n) is 17.0. The lowest BCUT2D eigenvalue weighted by Crippen LogP contribution is -2.47. The van der Waals surface area contributed by atoms with Crippen molar-refractivity contribution in [3.63, 3.8) is 0 Å². The van der Waals surface area contributed by atoms with E-state index in [2.05, 4.69) is 5.32 Å². The highest BCUT2D eigenvalue weighted by atomic mass is 32.2. The number of aliphatic hydroxyl groups is 2. The van der Waals surface area contributed by atoms with Crippen molar-refractivity contribution in [2.45, 2.75) is 82.8 Å². The molecular weight excluding hydrogens is 667 g/mol. The molecule has 5 N–H and O–H groups in total. The Hall–Kier alpha value is -2.88. The maximum Gasteiger partial charge on any atom is 0.243 e. The number of nitrogens with two attached hydrogens (primary N) is 1. The molecule has 2 saturated carbocycles.